The summed E-state index contributed by atoms with van der Waals surface area (Å²) in [5, 5.41) is 21.5. The van der Waals surface area contributed by atoms with Crippen LogP contribution in [0.25, 0.3) is 5.57 Å². The number of hydrogen-bond acceptors (Lipinski definition) is 6. The first kappa shape index (κ1) is 16.8. The fraction of sp³-hybridized carbons (Fsp3) is 0.250. The van der Waals surface area contributed by atoms with Crippen LogP contribution in [0.15, 0.2) is 54.6 Å². The molecule has 1 heterocycles. The van der Waals surface area contributed by atoms with Gasteiger partial charge in [-0.05, 0) is 29.8 Å². The van der Waals surface area contributed by atoms with Crippen LogP contribution in [0.2, 0.25) is 0 Å². The van der Waals surface area contributed by atoms with Gasteiger partial charge in [0.2, 0.25) is 0 Å². The molecule has 0 amide bonds. The van der Waals surface area contributed by atoms with Gasteiger partial charge >= 0.3 is 0 Å². The van der Waals surface area contributed by atoms with Crippen LogP contribution in [0.5, 0.6) is 11.5 Å². The molecule has 4 rings (SSSR count). The summed E-state index contributed by atoms with van der Waals surface area (Å²) in [6.07, 6.45) is 1.35. The topological polar surface area (TPSA) is 85.2 Å². The molecule has 0 saturated heterocycles. The maximum absolute atomic E-state index is 13.1. The highest BCUT2D eigenvalue weighted by atomic mass is 16.8. The fourth-order valence-corrected chi connectivity index (χ4v) is 3.88. The van der Waals surface area contributed by atoms with Gasteiger partial charge in [-0.3, -0.25) is 4.79 Å². The van der Waals surface area contributed by atoms with E-state index in [2.05, 4.69) is 0 Å². The molecule has 1 aliphatic carbocycles. The van der Waals surface area contributed by atoms with E-state index in [0.717, 1.165) is 0 Å². The average Bonchev–Trinajstić information content (AvgIpc) is 2.65. The number of carbonyl (C=O) groups excluding carboxylic acids is 1. The summed E-state index contributed by atoms with van der Waals surface area (Å²) in [6.45, 7) is 0. The number of ketones is 1. The molecule has 2 bridgehead atoms. The maximum Gasteiger partial charge on any atom is 0.291 e. The summed E-state index contributed by atoms with van der Waals surface area (Å²) in [5.41, 5.74) is 1.26. The van der Waals surface area contributed by atoms with Crippen molar-refractivity contribution in [3.05, 3.63) is 65.7 Å². The van der Waals surface area contributed by atoms with Crippen LogP contribution in [-0.2, 0) is 14.3 Å². The highest BCUT2D eigenvalue weighted by molar-refractivity contribution is 6.06. The number of allylic oxidation sites excluding steroid dienone is 1. The van der Waals surface area contributed by atoms with Crippen molar-refractivity contribution < 1.29 is 29.2 Å². The number of ether oxygens (including phenoxy) is 3. The van der Waals surface area contributed by atoms with Crippen LogP contribution in [0.3, 0.4) is 0 Å². The monoisotopic (exact) mass is 354 g/mol. The molecular formula is C20H18O6. The first-order chi connectivity index (χ1) is 12.5. The minimum absolute atomic E-state index is 0.0236. The number of fused-ring (bicyclic) bond motifs is 4. The van der Waals surface area contributed by atoms with E-state index < -0.39 is 17.5 Å². The van der Waals surface area contributed by atoms with E-state index in [-0.39, 0.29) is 22.9 Å². The number of hydrogen-bond donors (Lipinski definition) is 2. The number of methoxy groups -OCH3 is 2. The van der Waals surface area contributed by atoms with Crippen molar-refractivity contribution in [2.45, 2.75) is 17.5 Å². The van der Waals surface area contributed by atoms with Gasteiger partial charge in [0.25, 0.3) is 11.6 Å². The van der Waals surface area contributed by atoms with E-state index in [1.54, 1.807) is 24.3 Å². The van der Waals surface area contributed by atoms with Crippen LogP contribution in [0.4, 0.5) is 0 Å². The number of aromatic hydroxyl groups is 1. The zero-order valence-electron chi connectivity index (χ0n) is 14.3. The molecule has 2 unspecified atom stereocenters. The van der Waals surface area contributed by atoms with Gasteiger partial charge in [0.15, 0.2) is 5.78 Å². The van der Waals surface area contributed by atoms with E-state index in [1.165, 1.54) is 38.5 Å². The largest absolute Gasteiger partial charge is 0.508 e. The lowest BCUT2D eigenvalue weighted by atomic mass is 9.70. The zero-order chi connectivity index (χ0) is 18.5. The quantitative estimate of drug-likeness (QED) is 0.822. The maximum atomic E-state index is 13.1. The van der Waals surface area contributed by atoms with Crippen molar-refractivity contribution in [3.8, 4) is 11.5 Å². The normalized spacial score (nSPS) is 25.9. The Bertz CT molecular complexity index is 900. The second-order valence-electron chi connectivity index (χ2n) is 6.30. The summed E-state index contributed by atoms with van der Waals surface area (Å²) in [7, 11) is 2.69. The Morgan fingerprint density at radius 3 is 2.42 bits per heavy atom. The molecule has 2 atom stereocenters. The summed E-state index contributed by atoms with van der Waals surface area (Å²) in [4.78, 5) is 13.1. The van der Waals surface area contributed by atoms with Gasteiger partial charge in [-0.25, -0.2) is 0 Å². The summed E-state index contributed by atoms with van der Waals surface area (Å²) in [6, 6.07) is 13.3. The van der Waals surface area contributed by atoms with E-state index in [9.17, 15) is 15.0 Å². The molecule has 0 radical (unpaired) electrons. The zero-order valence-corrected chi connectivity index (χ0v) is 14.3. The van der Waals surface area contributed by atoms with Gasteiger partial charge < -0.3 is 24.4 Å². The summed E-state index contributed by atoms with van der Waals surface area (Å²) < 4.78 is 17.1. The molecule has 1 aliphatic heterocycles. The van der Waals surface area contributed by atoms with Crippen molar-refractivity contribution in [1.82, 2.24) is 0 Å². The van der Waals surface area contributed by atoms with Gasteiger partial charge in [0.1, 0.15) is 17.4 Å². The van der Waals surface area contributed by atoms with Gasteiger partial charge in [-0.2, -0.15) is 0 Å². The Balaban J connectivity index is 2.02. The number of rotatable bonds is 3. The van der Waals surface area contributed by atoms with Gasteiger partial charge in [-0.1, -0.05) is 30.3 Å². The van der Waals surface area contributed by atoms with Crippen molar-refractivity contribution in [2.24, 2.45) is 0 Å². The minimum Gasteiger partial charge on any atom is -0.508 e. The number of carbonyl (C=O) groups is 1. The number of phenols is 1. The summed E-state index contributed by atoms with van der Waals surface area (Å²) in [5.74, 6) is -4.90. The molecule has 2 N–H and O–H groups in total. The van der Waals surface area contributed by atoms with Crippen LogP contribution in [-0.4, -0.2) is 41.8 Å². The van der Waals surface area contributed by atoms with Crippen LogP contribution in [0.1, 0.15) is 17.0 Å². The Labute approximate surface area is 150 Å². The third kappa shape index (κ3) is 2.00. The standard InChI is InChI=1S/C20H18O6/c1-24-20(25-2)18-14-10-13(21)8-9-17(14)26-19(20,23)15(11-16(18)22)12-6-4-3-5-7-12/h3-11,18,21,23H,1-2H3. The lowest BCUT2D eigenvalue weighted by molar-refractivity contribution is -0.351. The Morgan fingerprint density at radius 2 is 1.77 bits per heavy atom. The Kier molecular flexibility index (Phi) is 3.66. The average molecular weight is 354 g/mol. The molecular weight excluding hydrogens is 336 g/mol. The molecule has 0 aromatic heterocycles. The lowest BCUT2D eigenvalue weighted by Crippen LogP contribution is -2.69. The summed E-state index contributed by atoms with van der Waals surface area (Å²) >= 11 is 0. The predicted molar refractivity (Wildman–Crippen MR) is 92.6 cm³/mol. The Hall–Kier alpha value is -2.67. The second kappa shape index (κ2) is 5.67. The van der Waals surface area contributed by atoms with E-state index >= 15 is 0 Å². The third-order valence-electron chi connectivity index (χ3n) is 5.04. The van der Waals surface area contributed by atoms with E-state index in [1.807, 2.05) is 6.07 Å². The molecule has 6 heteroatoms. The third-order valence-corrected chi connectivity index (χ3v) is 5.04. The molecule has 0 saturated carbocycles. The first-order valence-corrected chi connectivity index (χ1v) is 8.13. The highest BCUT2D eigenvalue weighted by Gasteiger charge is 2.69. The predicted octanol–water partition coefficient (Wildman–Crippen LogP) is 2.21. The molecule has 134 valence electrons. The molecule has 2 aromatic rings. The molecule has 0 spiro atoms. The van der Waals surface area contributed by atoms with Gasteiger partial charge in [0, 0.05) is 25.4 Å². The highest BCUT2D eigenvalue weighted by Crippen LogP contribution is 2.57. The van der Waals surface area contributed by atoms with Crippen molar-refractivity contribution in [3.63, 3.8) is 0 Å². The Morgan fingerprint density at radius 1 is 1.08 bits per heavy atom. The number of benzene rings is 2. The molecule has 6 nitrogen and oxygen atoms in total. The van der Waals surface area contributed by atoms with E-state index in [0.29, 0.717) is 11.1 Å². The van der Waals surface area contributed by atoms with Crippen molar-refractivity contribution in [1.29, 1.82) is 0 Å². The van der Waals surface area contributed by atoms with E-state index in [4.69, 9.17) is 14.2 Å². The molecule has 2 aromatic carbocycles. The molecule has 0 fully saturated rings. The first-order valence-electron chi connectivity index (χ1n) is 8.13. The van der Waals surface area contributed by atoms with Crippen LogP contribution in [0, 0.1) is 0 Å². The van der Waals surface area contributed by atoms with Crippen molar-refractivity contribution >= 4 is 11.4 Å². The van der Waals surface area contributed by atoms with Gasteiger partial charge in [0.05, 0.1) is 0 Å². The minimum atomic E-state index is -2.06. The van der Waals surface area contributed by atoms with Gasteiger partial charge in [-0.15, -0.1) is 0 Å². The number of aliphatic hydroxyl groups is 1. The van der Waals surface area contributed by atoms with Crippen molar-refractivity contribution in [2.75, 3.05) is 14.2 Å². The van der Waals surface area contributed by atoms with Crippen LogP contribution >= 0.6 is 0 Å². The fourth-order valence-electron chi connectivity index (χ4n) is 3.88. The lowest BCUT2D eigenvalue weighted by Gasteiger charge is -2.53. The van der Waals surface area contributed by atoms with Crippen LogP contribution < -0.4 is 4.74 Å². The SMILES string of the molecule is COC1(OC)C2C(=O)C=C(c3ccccc3)C1(O)Oc1ccc(O)cc12. The molecule has 26 heavy (non-hydrogen) atoms. The molecule has 2 aliphatic rings. The number of phenolic OH excluding ortho intramolecular Hbond substituents is 1. The smallest absolute Gasteiger partial charge is 0.291 e. The second-order valence-corrected chi connectivity index (χ2v) is 6.30.